The van der Waals surface area contributed by atoms with Gasteiger partial charge < -0.3 is 14.3 Å². The van der Waals surface area contributed by atoms with Gasteiger partial charge in [0.05, 0.1) is 17.9 Å². The molecule has 0 fully saturated rings. The predicted molar refractivity (Wildman–Crippen MR) is 98.6 cm³/mol. The van der Waals surface area contributed by atoms with Crippen molar-refractivity contribution in [3.8, 4) is 11.3 Å². The highest BCUT2D eigenvalue weighted by molar-refractivity contribution is 9.10. The zero-order valence-electron chi connectivity index (χ0n) is 13.3. The zero-order chi connectivity index (χ0) is 17.8. The molecular formula is C19H14BrN2O3-. The molecule has 0 aliphatic carbocycles. The van der Waals surface area contributed by atoms with Gasteiger partial charge >= 0.3 is 0 Å². The molecule has 0 atom stereocenters. The SMILES string of the molecule is Cc1c(C(=O)[O-])cccc1-c1ccc(/C=N/Nc2ccc(Br)cc2)o1. The quantitative estimate of drug-likeness (QED) is 0.524. The largest absolute Gasteiger partial charge is 0.545 e. The zero-order valence-corrected chi connectivity index (χ0v) is 14.9. The lowest BCUT2D eigenvalue weighted by Gasteiger charge is -2.10. The van der Waals surface area contributed by atoms with Crippen molar-refractivity contribution in [3.05, 3.63) is 76.0 Å². The van der Waals surface area contributed by atoms with Crippen molar-refractivity contribution < 1.29 is 14.3 Å². The lowest BCUT2D eigenvalue weighted by Crippen LogP contribution is -2.23. The van der Waals surface area contributed by atoms with Gasteiger partial charge in [0.15, 0.2) is 0 Å². The van der Waals surface area contributed by atoms with Crippen LogP contribution < -0.4 is 10.5 Å². The molecule has 0 saturated heterocycles. The molecule has 3 aromatic rings. The minimum atomic E-state index is -1.20. The van der Waals surface area contributed by atoms with Crippen molar-refractivity contribution in [1.29, 1.82) is 0 Å². The van der Waals surface area contributed by atoms with E-state index >= 15 is 0 Å². The van der Waals surface area contributed by atoms with Crippen molar-refractivity contribution in [2.75, 3.05) is 5.43 Å². The molecule has 0 aliphatic rings. The first kappa shape index (κ1) is 17.0. The Bertz CT molecular complexity index is 930. The van der Waals surface area contributed by atoms with Crippen LogP contribution in [0.15, 0.2) is 68.6 Å². The molecule has 0 spiro atoms. The third-order valence-corrected chi connectivity index (χ3v) is 4.20. The molecule has 0 bridgehead atoms. The van der Waals surface area contributed by atoms with Crippen LogP contribution in [0, 0.1) is 6.92 Å². The summed E-state index contributed by atoms with van der Waals surface area (Å²) < 4.78 is 6.72. The molecule has 1 heterocycles. The summed E-state index contributed by atoms with van der Waals surface area (Å²) in [4.78, 5) is 11.1. The molecule has 6 heteroatoms. The first-order chi connectivity index (χ1) is 12.0. The van der Waals surface area contributed by atoms with E-state index in [4.69, 9.17) is 4.42 Å². The van der Waals surface area contributed by atoms with Crippen LogP contribution in [0.2, 0.25) is 0 Å². The van der Waals surface area contributed by atoms with Crippen molar-refractivity contribution in [2.24, 2.45) is 5.10 Å². The number of rotatable bonds is 5. The minimum Gasteiger partial charge on any atom is -0.545 e. The van der Waals surface area contributed by atoms with Gasteiger partial charge in [0, 0.05) is 15.6 Å². The van der Waals surface area contributed by atoms with E-state index in [-0.39, 0.29) is 5.56 Å². The van der Waals surface area contributed by atoms with Crippen molar-refractivity contribution in [1.82, 2.24) is 0 Å². The lowest BCUT2D eigenvalue weighted by molar-refractivity contribution is -0.255. The Kier molecular flexibility index (Phi) is 5.00. The van der Waals surface area contributed by atoms with E-state index in [0.29, 0.717) is 22.6 Å². The van der Waals surface area contributed by atoms with Gasteiger partial charge in [0.2, 0.25) is 0 Å². The third-order valence-electron chi connectivity index (χ3n) is 3.68. The summed E-state index contributed by atoms with van der Waals surface area (Å²) in [7, 11) is 0. The molecule has 126 valence electrons. The summed E-state index contributed by atoms with van der Waals surface area (Å²) in [6.45, 7) is 1.73. The molecule has 0 radical (unpaired) electrons. The van der Waals surface area contributed by atoms with Crippen LogP contribution in [-0.2, 0) is 0 Å². The number of carboxylic acid groups (broad SMARTS) is 1. The highest BCUT2D eigenvalue weighted by Gasteiger charge is 2.10. The molecule has 25 heavy (non-hydrogen) atoms. The van der Waals surface area contributed by atoms with Gasteiger partial charge in [-0.15, -0.1) is 0 Å². The Balaban J connectivity index is 1.76. The molecule has 0 saturated carbocycles. The van der Waals surface area contributed by atoms with Crippen LogP contribution in [-0.4, -0.2) is 12.2 Å². The maximum absolute atomic E-state index is 11.1. The van der Waals surface area contributed by atoms with E-state index in [9.17, 15) is 9.90 Å². The number of hydrazone groups is 1. The van der Waals surface area contributed by atoms with E-state index in [1.54, 1.807) is 31.3 Å². The Labute approximate surface area is 153 Å². The Morgan fingerprint density at radius 1 is 1.16 bits per heavy atom. The summed E-state index contributed by atoms with van der Waals surface area (Å²) in [6.07, 6.45) is 1.56. The number of hydrogen-bond donors (Lipinski definition) is 1. The van der Waals surface area contributed by atoms with Crippen LogP contribution in [0.25, 0.3) is 11.3 Å². The summed E-state index contributed by atoms with van der Waals surface area (Å²) in [5.74, 6) is -0.0741. The number of halogens is 1. The van der Waals surface area contributed by atoms with Crippen molar-refractivity contribution >= 4 is 33.8 Å². The average molecular weight is 398 g/mol. The third kappa shape index (κ3) is 3.97. The van der Waals surface area contributed by atoms with Gasteiger partial charge in [-0.05, 0) is 48.9 Å². The molecule has 0 unspecified atom stereocenters. The Hall–Kier alpha value is -2.86. The fraction of sp³-hybridized carbons (Fsp3) is 0.0526. The molecular weight excluding hydrogens is 384 g/mol. The topological polar surface area (TPSA) is 77.7 Å². The van der Waals surface area contributed by atoms with Gasteiger partial charge in [-0.25, -0.2) is 0 Å². The Morgan fingerprint density at radius 2 is 1.92 bits per heavy atom. The normalized spacial score (nSPS) is 11.0. The second-order valence-corrected chi connectivity index (χ2v) is 6.26. The van der Waals surface area contributed by atoms with E-state index < -0.39 is 5.97 Å². The smallest absolute Gasteiger partial charge is 0.147 e. The first-order valence-corrected chi connectivity index (χ1v) is 8.30. The first-order valence-electron chi connectivity index (χ1n) is 7.50. The average Bonchev–Trinajstić information content (AvgIpc) is 3.05. The molecule has 0 aliphatic heterocycles. The van der Waals surface area contributed by atoms with Crippen LogP contribution in [0.3, 0.4) is 0 Å². The maximum atomic E-state index is 11.1. The number of carboxylic acids is 1. The number of anilines is 1. The number of benzene rings is 2. The van der Waals surface area contributed by atoms with Crippen LogP contribution >= 0.6 is 15.9 Å². The molecule has 0 amide bonds. The molecule has 1 aromatic heterocycles. The second-order valence-electron chi connectivity index (χ2n) is 5.34. The highest BCUT2D eigenvalue weighted by Crippen LogP contribution is 2.27. The van der Waals surface area contributed by atoms with Crippen LogP contribution in [0.1, 0.15) is 21.7 Å². The van der Waals surface area contributed by atoms with Gasteiger partial charge in [-0.2, -0.15) is 5.10 Å². The van der Waals surface area contributed by atoms with Crippen LogP contribution in [0.4, 0.5) is 5.69 Å². The van der Waals surface area contributed by atoms with Crippen molar-refractivity contribution in [3.63, 3.8) is 0 Å². The molecule has 2 aromatic carbocycles. The lowest BCUT2D eigenvalue weighted by atomic mass is 10.0. The second kappa shape index (κ2) is 7.36. The number of nitrogens with zero attached hydrogens (tertiary/aromatic N) is 1. The summed E-state index contributed by atoms with van der Waals surface area (Å²) >= 11 is 3.37. The maximum Gasteiger partial charge on any atom is 0.147 e. The van der Waals surface area contributed by atoms with Gasteiger partial charge in [-0.1, -0.05) is 34.1 Å². The van der Waals surface area contributed by atoms with Gasteiger partial charge in [0.1, 0.15) is 11.5 Å². The highest BCUT2D eigenvalue weighted by atomic mass is 79.9. The summed E-state index contributed by atoms with van der Waals surface area (Å²) in [5.41, 5.74) is 5.23. The number of furan rings is 1. The van der Waals surface area contributed by atoms with E-state index in [1.807, 2.05) is 30.3 Å². The van der Waals surface area contributed by atoms with E-state index in [1.165, 1.54) is 6.07 Å². The predicted octanol–water partition coefficient (Wildman–Crippen LogP) is 3.83. The fourth-order valence-electron chi connectivity index (χ4n) is 2.39. The summed E-state index contributed by atoms with van der Waals surface area (Å²) in [5, 5.41) is 15.3. The van der Waals surface area contributed by atoms with Crippen LogP contribution in [0.5, 0.6) is 0 Å². The minimum absolute atomic E-state index is 0.154. The van der Waals surface area contributed by atoms with Gasteiger partial charge in [0.25, 0.3) is 0 Å². The Morgan fingerprint density at radius 3 is 2.64 bits per heavy atom. The van der Waals surface area contributed by atoms with E-state index in [2.05, 4.69) is 26.5 Å². The number of carbonyl (C=O) groups excluding carboxylic acids is 1. The number of nitrogens with one attached hydrogen (secondary N) is 1. The fourth-order valence-corrected chi connectivity index (χ4v) is 2.65. The molecule has 1 N–H and O–H groups in total. The summed E-state index contributed by atoms with van der Waals surface area (Å²) in [6, 6.07) is 16.1. The van der Waals surface area contributed by atoms with Crippen molar-refractivity contribution in [2.45, 2.75) is 6.92 Å². The number of carbonyl (C=O) groups is 1. The standard InChI is InChI=1S/C19H15BrN2O3/c1-12-16(3-2-4-17(12)19(23)24)18-10-9-15(25-18)11-21-22-14-7-5-13(20)6-8-14/h2-11,22H,1H3,(H,23,24)/p-1/b21-11+. The number of aromatic carboxylic acids is 1. The van der Waals surface area contributed by atoms with Gasteiger partial charge in [-0.3, -0.25) is 5.43 Å². The molecule has 5 nitrogen and oxygen atoms in total. The van der Waals surface area contributed by atoms with E-state index in [0.717, 1.165) is 10.2 Å². The number of hydrogen-bond acceptors (Lipinski definition) is 5. The molecule has 3 rings (SSSR count). The monoisotopic (exact) mass is 397 g/mol.